The normalized spacial score (nSPS) is 10.4. The van der Waals surface area contributed by atoms with E-state index in [1.165, 1.54) is 5.56 Å². The van der Waals surface area contributed by atoms with Gasteiger partial charge in [-0.2, -0.15) is 0 Å². The summed E-state index contributed by atoms with van der Waals surface area (Å²) in [5, 5.41) is 5.77. The van der Waals surface area contributed by atoms with Crippen molar-refractivity contribution >= 4 is 17.5 Å². The second kappa shape index (κ2) is 8.53. The summed E-state index contributed by atoms with van der Waals surface area (Å²) in [7, 11) is 0. The molecule has 0 spiro atoms. The van der Waals surface area contributed by atoms with Crippen LogP contribution in [0.5, 0.6) is 0 Å². The fourth-order valence-electron chi connectivity index (χ4n) is 2.85. The van der Waals surface area contributed by atoms with Gasteiger partial charge in [-0.15, -0.1) is 0 Å². The van der Waals surface area contributed by atoms with Crippen LogP contribution in [0.4, 0.5) is 5.69 Å². The lowest BCUT2D eigenvalue weighted by molar-refractivity contribution is 0.0952. The molecule has 4 heteroatoms. The molecule has 28 heavy (non-hydrogen) atoms. The highest BCUT2D eigenvalue weighted by Crippen LogP contribution is 2.18. The van der Waals surface area contributed by atoms with E-state index < -0.39 is 0 Å². The average molecular weight is 372 g/mol. The number of rotatable bonds is 5. The van der Waals surface area contributed by atoms with Crippen LogP contribution in [0.3, 0.4) is 0 Å². The zero-order chi connectivity index (χ0) is 20.1. The highest BCUT2D eigenvalue weighted by atomic mass is 16.2. The Morgan fingerprint density at radius 1 is 0.786 bits per heavy atom. The minimum Gasteiger partial charge on any atom is -0.348 e. The molecule has 0 fully saturated rings. The summed E-state index contributed by atoms with van der Waals surface area (Å²) in [5.41, 5.74) is 5.88. The summed E-state index contributed by atoms with van der Waals surface area (Å²) in [6, 6.07) is 20.6. The van der Waals surface area contributed by atoms with E-state index in [4.69, 9.17) is 0 Å². The second-order valence-electron chi connectivity index (χ2n) is 6.97. The van der Waals surface area contributed by atoms with Crippen LogP contribution in [-0.2, 0) is 6.54 Å². The lowest BCUT2D eigenvalue weighted by atomic mass is 10.1. The molecule has 0 bridgehead atoms. The molecule has 2 amide bonds. The summed E-state index contributed by atoms with van der Waals surface area (Å²) in [6.45, 7) is 6.43. The van der Waals surface area contributed by atoms with E-state index in [-0.39, 0.29) is 11.8 Å². The molecule has 3 rings (SSSR count). The van der Waals surface area contributed by atoms with E-state index in [0.29, 0.717) is 23.4 Å². The van der Waals surface area contributed by atoms with Crippen molar-refractivity contribution in [3.8, 4) is 0 Å². The Hall–Kier alpha value is -3.40. The molecule has 0 heterocycles. The molecular formula is C24H24N2O2. The van der Waals surface area contributed by atoms with Gasteiger partial charge in [0, 0.05) is 12.1 Å². The maximum Gasteiger partial charge on any atom is 0.255 e. The quantitative estimate of drug-likeness (QED) is 0.676. The van der Waals surface area contributed by atoms with Gasteiger partial charge in [0.25, 0.3) is 11.8 Å². The molecule has 0 radical (unpaired) electrons. The van der Waals surface area contributed by atoms with Crippen molar-refractivity contribution in [3.05, 3.63) is 100 Å². The topological polar surface area (TPSA) is 58.2 Å². The fourth-order valence-corrected chi connectivity index (χ4v) is 2.85. The number of aryl methyl sites for hydroxylation is 3. The van der Waals surface area contributed by atoms with E-state index in [1.54, 1.807) is 30.3 Å². The molecule has 0 aromatic heterocycles. The Labute approximate surface area is 165 Å². The molecule has 0 saturated heterocycles. The van der Waals surface area contributed by atoms with Crippen molar-refractivity contribution in [2.75, 3.05) is 5.32 Å². The van der Waals surface area contributed by atoms with Gasteiger partial charge < -0.3 is 10.6 Å². The van der Waals surface area contributed by atoms with Crippen LogP contribution in [0.15, 0.2) is 66.7 Å². The number of para-hydroxylation sites is 1. The predicted molar refractivity (Wildman–Crippen MR) is 113 cm³/mol. The maximum absolute atomic E-state index is 12.7. The van der Waals surface area contributed by atoms with Crippen LogP contribution in [0.2, 0.25) is 0 Å². The third-order valence-corrected chi connectivity index (χ3v) is 4.76. The number of hydrogen-bond donors (Lipinski definition) is 2. The van der Waals surface area contributed by atoms with Gasteiger partial charge >= 0.3 is 0 Å². The summed E-state index contributed by atoms with van der Waals surface area (Å²) in [6.07, 6.45) is 0. The first-order valence-corrected chi connectivity index (χ1v) is 9.25. The Morgan fingerprint density at radius 3 is 2.21 bits per heavy atom. The van der Waals surface area contributed by atoms with Gasteiger partial charge in [0.05, 0.1) is 11.3 Å². The molecular weight excluding hydrogens is 348 g/mol. The Morgan fingerprint density at radius 2 is 1.50 bits per heavy atom. The molecule has 142 valence electrons. The summed E-state index contributed by atoms with van der Waals surface area (Å²) < 4.78 is 0. The number of amides is 2. The van der Waals surface area contributed by atoms with Crippen molar-refractivity contribution in [1.82, 2.24) is 5.32 Å². The van der Waals surface area contributed by atoms with Gasteiger partial charge in [-0.25, -0.2) is 0 Å². The molecule has 0 aliphatic carbocycles. The van der Waals surface area contributed by atoms with Gasteiger partial charge in [0.2, 0.25) is 0 Å². The first-order chi connectivity index (χ1) is 13.4. The standard InChI is InChI=1S/C24H24N2O2/c1-16-8-11-19(12-9-16)15-25-24(28)21-6-4-5-7-22(21)26-23(27)20-13-10-17(2)18(3)14-20/h4-14H,15H2,1-3H3,(H,25,28)(H,26,27). The van der Waals surface area contributed by atoms with Crippen LogP contribution in [0, 0.1) is 20.8 Å². The summed E-state index contributed by atoms with van der Waals surface area (Å²) in [4.78, 5) is 25.3. The van der Waals surface area contributed by atoms with Crippen LogP contribution in [0.25, 0.3) is 0 Å². The third kappa shape index (κ3) is 4.65. The first-order valence-electron chi connectivity index (χ1n) is 9.25. The van der Waals surface area contributed by atoms with Crippen LogP contribution in [0.1, 0.15) is 43.0 Å². The molecule has 0 unspecified atom stereocenters. The molecule has 0 atom stereocenters. The van der Waals surface area contributed by atoms with E-state index >= 15 is 0 Å². The SMILES string of the molecule is Cc1ccc(CNC(=O)c2ccccc2NC(=O)c2ccc(C)c(C)c2)cc1. The van der Waals surface area contributed by atoms with E-state index in [0.717, 1.165) is 16.7 Å². The maximum atomic E-state index is 12.7. The monoisotopic (exact) mass is 372 g/mol. The molecule has 0 aliphatic rings. The van der Waals surface area contributed by atoms with Gasteiger partial charge in [0.1, 0.15) is 0 Å². The number of carbonyl (C=O) groups is 2. The van der Waals surface area contributed by atoms with Crippen molar-refractivity contribution in [2.24, 2.45) is 0 Å². The second-order valence-corrected chi connectivity index (χ2v) is 6.97. The van der Waals surface area contributed by atoms with E-state index in [1.807, 2.05) is 57.2 Å². The van der Waals surface area contributed by atoms with Gasteiger partial charge in [-0.05, 0) is 61.7 Å². The highest BCUT2D eigenvalue weighted by Gasteiger charge is 2.14. The number of nitrogens with one attached hydrogen (secondary N) is 2. The molecule has 3 aromatic rings. The largest absolute Gasteiger partial charge is 0.348 e. The Balaban J connectivity index is 1.72. The van der Waals surface area contributed by atoms with Gasteiger partial charge in [-0.1, -0.05) is 48.0 Å². The molecule has 3 aromatic carbocycles. The van der Waals surface area contributed by atoms with Crippen molar-refractivity contribution in [2.45, 2.75) is 27.3 Å². The smallest absolute Gasteiger partial charge is 0.255 e. The van der Waals surface area contributed by atoms with Crippen LogP contribution >= 0.6 is 0 Å². The number of benzene rings is 3. The summed E-state index contributed by atoms with van der Waals surface area (Å²) in [5.74, 6) is -0.460. The molecule has 2 N–H and O–H groups in total. The lowest BCUT2D eigenvalue weighted by Gasteiger charge is -2.12. The minimum atomic E-state index is -0.234. The van der Waals surface area contributed by atoms with E-state index in [2.05, 4.69) is 10.6 Å². The Kier molecular flexibility index (Phi) is 5.90. The minimum absolute atomic E-state index is 0.225. The van der Waals surface area contributed by atoms with Crippen LogP contribution < -0.4 is 10.6 Å². The van der Waals surface area contributed by atoms with Crippen LogP contribution in [-0.4, -0.2) is 11.8 Å². The summed E-state index contributed by atoms with van der Waals surface area (Å²) >= 11 is 0. The van der Waals surface area contributed by atoms with Crippen molar-refractivity contribution in [1.29, 1.82) is 0 Å². The van der Waals surface area contributed by atoms with Crippen molar-refractivity contribution in [3.63, 3.8) is 0 Å². The number of hydrogen-bond acceptors (Lipinski definition) is 2. The number of anilines is 1. The third-order valence-electron chi connectivity index (χ3n) is 4.76. The zero-order valence-electron chi connectivity index (χ0n) is 16.4. The average Bonchev–Trinajstić information content (AvgIpc) is 2.69. The van der Waals surface area contributed by atoms with Gasteiger partial charge in [-0.3, -0.25) is 9.59 Å². The number of carbonyl (C=O) groups excluding carboxylic acids is 2. The predicted octanol–water partition coefficient (Wildman–Crippen LogP) is 4.79. The first kappa shape index (κ1) is 19.4. The highest BCUT2D eigenvalue weighted by molar-refractivity contribution is 6.09. The van der Waals surface area contributed by atoms with E-state index in [9.17, 15) is 9.59 Å². The van der Waals surface area contributed by atoms with Crippen molar-refractivity contribution < 1.29 is 9.59 Å². The lowest BCUT2D eigenvalue weighted by Crippen LogP contribution is -2.25. The fraction of sp³-hybridized carbons (Fsp3) is 0.167. The molecule has 4 nitrogen and oxygen atoms in total. The molecule has 0 saturated carbocycles. The Bertz CT molecular complexity index is 1010. The molecule has 0 aliphatic heterocycles. The van der Waals surface area contributed by atoms with Gasteiger partial charge in [0.15, 0.2) is 0 Å². The zero-order valence-corrected chi connectivity index (χ0v) is 16.4.